The van der Waals surface area contributed by atoms with Crippen molar-refractivity contribution in [1.29, 1.82) is 0 Å². The first-order valence-electron chi connectivity index (χ1n) is 5.41. The SMILES string of the molecule is CCCC/C=C/[P]/C=C/CCCC. The summed E-state index contributed by atoms with van der Waals surface area (Å²) in [4.78, 5) is 0. The second kappa shape index (κ2) is 11.9. The monoisotopic (exact) mass is 197 g/mol. The smallest absolute Gasteiger partial charge is 0.0267 e. The number of allylic oxidation sites excluding steroid dienone is 2. The van der Waals surface area contributed by atoms with Crippen LogP contribution in [0.3, 0.4) is 0 Å². The van der Waals surface area contributed by atoms with E-state index in [9.17, 15) is 0 Å². The second-order valence-corrected chi connectivity index (χ2v) is 4.10. The summed E-state index contributed by atoms with van der Waals surface area (Å²) < 4.78 is 0. The highest BCUT2D eigenvalue weighted by Gasteiger charge is 1.79. The Morgan fingerprint density at radius 1 is 0.846 bits per heavy atom. The van der Waals surface area contributed by atoms with E-state index in [1.807, 2.05) is 0 Å². The molecule has 0 N–H and O–H groups in total. The third-order valence-corrected chi connectivity index (χ3v) is 2.60. The van der Waals surface area contributed by atoms with E-state index in [4.69, 9.17) is 0 Å². The molecule has 0 fully saturated rings. The molecule has 0 amide bonds. The van der Waals surface area contributed by atoms with Gasteiger partial charge in [0.2, 0.25) is 0 Å². The van der Waals surface area contributed by atoms with E-state index in [1.54, 1.807) is 0 Å². The lowest BCUT2D eigenvalue weighted by molar-refractivity contribution is 0.815. The maximum absolute atomic E-state index is 2.29. The molecule has 75 valence electrons. The molecule has 0 atom stereocenters. The van der Waals surface area contributed by atoms with Crippen LogP contribution < -0.4 is 0 Å². The lowest BCUT2D eigenvalue weighted by Crippen LogP contribution is -1.65. The van der Waals surface area contributed by atoms with Crippen molar-refractivity contribution < 1.29 is 0 Å². The summed E-state index contributed by atoms with van der Waals surface area (Å²) in [5, 5.41) is 0. The molecule has 0 aromatic rings. The minimum absolute atomic E-state index is 1.24. The summed E-state index contributed by atoms with van der Waals surface area (Å²) >= 11 is 0. The van der Waals surface area contributed by atoms with Gasteiger partial charge in [0.1, 0.15) is 0 Å². The lowest BCUT2D eigenvalue weighted by Gasteiger charge is -1.88. The molecular formula is C12H22P. The molecular weight excluding hydrogens is 175 g/mol. The molecule has 13 heavy (non-hydrogen) atoms. The van der Waals surface area contributed by atoms with E-state index in [0.29, 0.717) is 0 Å². The minimum Gasteiger partial charge on any atom is -0.0834 e. The first kappa shape index (κ1) is 12.9. The maximum Gasteiger partial charge on any atom is -0.0267 e. The summed E-state index contributed by atoms with van der Waals surface area (Å²) in [5.74, 6) is 4.50. The Morgan fingerprint density at radius 2 is 1.31 bits per heavy atom. The molecule has 0 unspecified atom stereocenters. The van der Waals surface area contributed by atoms with E-state index in [2.05, 4.69) is 37.6 Å². The highest BCUT2D eigenvalue weighted by Crippen LogP contribution is 2.15. The molecule has 0 aromatic heterocycles. The zero-order valence-corrected chi connectivity index (χ0v) is 9.89. The van der Waals surface area contributed by atoms with Crippen LogP contribution in [-0.4, -0.2) is 0 Å². The first-order chi connectivity index (χ1) is 6.41. The number of hydrogen-bond acceptors (Lipinski definition) is 0. The molecule has 0 aromatic carbocycles. The Balaban J connectivity index is 3.13. The predicted octanol–water partition coefficient (Wildman–Crippen LogP) is 5.34. The Morgan fingerprint density at radius 3 is 1.69 bits per heavy atom. The number of hydrogen-bond donors (Lipinski definition) is 0. The largest absolute Gasteiger partial charge is 0.0834 e. The molecule has 0 aliphatic carbocycles. The van der Waals surface area contributed by atoms with Crippen molar-refractivity contribution >= 4 is 8.58 Å². The average molecular weight is 197 g/mol. The first-order valence-corrected chi connectivity index (χ1v) is 6.45. The number of rotatable bonds is 8. The fourth-order valence-electron chi connectivity index (χ4n) is 0.964. The van der Waals surface area contributed by atoms with Crippen LogP contribution in [0.5, 0.6) is 0 Å². The summed E-state index contributed by atoms with van der Waals surface area (Å²) in [6, 6.07) is 0. The Kier molecular flexibility index (Phi) is 11.8. The standard InChI is InChI=1S/C12H22P/c1-3-5-7-9-11-13-12-10-8-6-4-2/h9-12H,3-8H2,1-2H3/b11-9+,12-10+. The van der Waals surface area contributed by atoms with Crippen LogP contribution in [0, 0.1) is 0 Å². The van der Waals surface area contributed by atoms with Gasteiger partial charge >= 0.3 is 0 Å². The van der Waals surface area contributed by atoms with Crippen molar-refractivity contribution in [3.63, 3.8) is 0 Å². The van der Waals surface area contributed by atoms with Crippen LogP contribution in [0.1, 0.15) is 52.4 Å². The van der Waals surface area contributed by atoms with Gasteiger partial charge in [-0.1, -0.05) is 63.3 Å². The molecule has 0 nitrogen and oxygen atoms in total. The molecule has 0 aliphatic heterocycles. The fourth-order valence-corrected chi connectivity index (χ4v) is 1.61. The van der Waals surface area contributed by atoms with Gasteiger partial charge in [-0.2, -0.15) is 0 Å². The van der Waals surface area contributed by atoms with Crippen molar-refractivity contribution in [2.75, 3.05) is 0 Å². The Labute approximate surface area is 85.3 Å². The van der Waals surface area contributed by atoms with Crippen LogP contribution in [0.25, 0.3) is 0 Å². The summed E-state index contributed by atoms with van der Waals surface area (Å²) in [5.41, 5.74) is 0. The van der Waals surface area contributed by atoms with Gasteiger partial charge in [-0.3, -0.25) is 0 Å². The van der Waals surface area contributed by atoms with E-state index in [0.717, 1.165) is 0 Å². The molecule has 1 radical (unpaired) electrons. The topological polar surface area (TPSA) is 0 Å². The molecule has 0 rings (SSSR count). The van der Waals surface area contributed by atoms with Gasteiger partial charge in [-0.25, -0.2) is 0 Å². The molecule has 0 aliphatic rings. The van der Waals surface area contributed by atoms with Crippen molar-refractivity contribution in [2.24, 2.45) is 0 Å². The molecule has 0 heterocycles. The summed E-state index contributed by atoms with van der Waals surface area (Å²) in [7, 11) is 1.34. The van der Waals surface area contributed by atoms with Crippen molar-refractivity contribution in [3.05, 3.63) is 23.8 Å². The molecule has 0 bridgehead atoms. The Hall–Kier alpha value is -0.0900. The van der Waals surface area contributed by atoms with Crippen LogP contribution in [0.2, 0.25) is 0 Å². The normalized spacial score (nSPS) is 11.8. The van der Waals surface area contributed by atoms with E-state index in [-0.39, 0.29) is 0 Å². The zero-order chi connectivity index (χ0) is 9.78. The van der Waals surface area contributed by atoms with Crippen LogP contribution >= 0.6 is 8.58 Å². The highest BCUT2D eigenvalue weighted by atomic mass is 31.1. The van der Waals surface area contributed by atoms with Gasteiger partial charge in [-0.05, 0) is 21.4 Å². The minimum atomic E-state index is 1.24. The van der Waals surface area contributed by atoms with Crippen molar-refractivity contribution in [3.8, 4) is 0 Å². The van der Waals surface area contributed by atoms with Gasteiger partial charge in [-0.15, -0.1) is 0 Å². The van der Waals surface area contributed by atoms with E-state index < -0.39 is 0 Å². The molecule has 0 saturated heterocycles. The molecule has 0 spiro atoms. The van der Waals surface area contributed by atoms with Crippen LogP contribution in [-0.2, 0) is 0 Å². The van der Waals surface area contributed by atoms with Gasteiger partial charge in [0, 0.05) is 0 Å². The molecule has 0 saturated carbocycles. The van der Waals surface area contributed by atoms with Gasteiger partial charge in [0.15, 0.2) is 0 Å². The maximum atomic E-state index is 2.29. The summed E-state index contributed by atoms with van der Waals surface area (Å²) in [6.45, 7) is 4.46. The van der Waals surface area contributed by atoms with Gasteiger partial charge in [0.25, 0.3) is 0 Å². The number of unbranched alkanes of at least 4 members (excludes halogenated alkanes) is 4. The average Bonchev–Trinajstić information content (AvgIpc) is 2.16. The van der Waals surface area contributed by atoms with Gasteiger partial charge < -0.3 is 0 Å². The highest BCUT2D eigenvalue weighted by molar-refractivity contribution is 7.45. The van der Waals surface area contributed by atoms with Gasteiger partial charge in [0.05, 0.1) is 0 Å². The second-order valence-electron chi connectivity index (χ2n) is 3.20. The third kappa shape index (κ3) is 11.9. The van der Waals surface area contributed by atoms with E-state index in [1.165, 1.54) is 47.1 Å². The third-order valence-electron chi connectivity index (χ3n) is 1.83. The van der Waals surface area contributed by atoms with E-state index >= 15 is 0 Å². The zero-order valence-electron chi connectivity index (χ0n) is 9.00. The predicted molar refractivity (Wildman–Crippen MR) is 64.3 cm³/mol. The molecule has 1 heteroatoms. The van der Waals surface area contributed by atoms with Crippen molar-refractivity contribution in [1.82, 2.24) is 0 Å². The Bertz CT molecular complexity index is 120. The lowest BCUT2D eigenvalue weighted by atomic mass is 10.2. The summed E-state index contributed by atoms with van der Waals surface area (Å²) in [6.07, 6.45) is 12.3. The van der Waals surface area contributed by atoms with Crippen molar-refractivity contribution in [2.45, 2.75) is 52.4 Å². The fraction of sp³-hybridized carbons (Fsp3) is 0.667. The van der Waals surface area contributed by atoms with Crippen LogP contribution in [0.4, 0.5) is 0 Å². The quantitative estimate of drug-likeness (QED) is 0.364. The van der Waals surface area contributed by atoms with Crippen LogP contribution in [0.15, 0.2) is 23.8 Å².